The summed E-state index contributed by atoms with van der Waals surface area (Å²) in [7, 11) is -3.58. The van der Waals surface area contributed by atoms with E-state index in [0.29, 0.717) is 11.3 Å². The highest BCUT2D eigenvalue weighted by Gasteiger charge is 2.18. The summed E-state index contributed by atoms with van der Waals surface area (Å²) in [6.45, 7) is 3.69. The van der Waals surface area contributed by atoms with E-state index in [1.807, 2.05) is 13.0 Å². The molecule has 1 heterocycles. The van der Waals surface area contributed by atoms with E-state index in [2.05, 4.69) is 4.72 Å². The smallest absolute Gasteiger partial charge is 0.250 e. The number of hydrogen-bond donors (Lipinski definition) is 1. The van der Waals surface area contributed by atoms with Crippen molar-refractivity contribution in [2.45, 2.75) is 24.5 Å². The van der Waals surface area contributed by atoms with Gasteiger partial charge in [-0.05, 0) is 42.8 Å². The lowest BCUT2D eigenvalue weighted by Crippen LogP contribution is -2.37. The van der Waals surface area contributed by atoms with Crippen LogP contribution in [0.3, 0.4) is 0 Å². The second-order valence-corrected chi connectivity index (χ2v) is 8.46. The van der Waals surface area contributed by atoms with Crippen LogP contribution in [0.25, 0.3) is 0 Å². The molecule has 1 amide bonds. The minimum atomic E-state index is -3.58. The van der Waals surface area contributed by atoms with Gasteiger partial charge in [0.1, 0.15) is 4.21 Å². The molecule has 0 fully saturated rings. The third-order valence-electron chi connectivity index (χ3n) is 3.57. The number of rotatable bonds is 7. The lowest BCUT2D eigenvalue weighted by molar-refractivity contribution is -0.116. The number of hydrogen-bond acceptors (Lipinski definition) is 5. The molecule has 0 spiro atoms. The van der Waals surface area contributed by atoms with Gasteiger partial charge in [-0.2, -0.15) is 5.26 Å². The largest absolute Gasteiger partial charge is 0.311 e. The molecule has 1 N–H and O–H groups in total. The molecule has 8 heteroatoms. The number of benzene rings is 1. The van der Waals surface area contributed by atoms with Crippen LogP contribution in [0.5, 0.6) is 0 Å². The Kier molecular flexibility index (Phi) is 6.31. The van der Waals surface area contributed by atoms with Gasteiger partial charge in [-0.25, -0.2) is 13.1 Å². The first kappa shape index (κ1) is 19.1. The molecule has 1 aromatic heterocycles. The molecule has 25 heavy (non-hydrogen) atoms. The molecule has 0 saturated heterocycles. The van der Waals surface area contributed by atoms with Crippen molar-refractivity contribution in [3.63, 3.8) is 0 Å². The number of nitrogens with one attached hydrogen (secondary N) is 1. The number of nitriles is 1. The molecule has 0 saturated carbocycles. The van der Waals surface area contributed by atoms with Crippen LogP contribution >= 0.6 is 11.3 Å². The number of thiophene rings is 1. The second kappa shape index (κ2) is 8.25. The SMILES string of the molecule is CCc1ccc(S(=O)(=O)NCCN(C(C)=O)c2ccc(C#N)cc2)s1. The fourth-order valence-corrected chi connectivity index (χ4v) is 4.60. The Bertz CT molecular complexity index is 881. The van der Waals surface area contributed by atoms with E-state index >= 15 is 0 Å². The Balaban J connectivity index is 2.03. The van der Waals surface area contributed by atoms with Gasteiger partial charge < -0.3 is 4.90 Å². The van der Waals surface area contributed by atoms with Crippen LogP contribution in [0.4, 0.5) is 5.69 Å². The van der Waals surface area contributed by atoms with Crippen LogP contribution in [0.2, 0.25) is 0 Å². The average molecular weight is 377 g/mol. The third-order valence-corrected chi connectivity index (χ3v) is 6.75. The van der Waals surface area contributed by atoms with Crippen molar-refractivity contribution in [1.82, 2.24) is 4.72 Å². The van der Waals surface area contributed by atoms with Gasteiger partial charge in [-0.1, -0.05) is 6.92 Å². The Morgan fingerprint density at radius 2 is 1.92 bits per heavy atom. The van der Waals surface area contributed by atoms with Crippen LogP contribution < -0.4 is 9.62 Å². The predicted molar refractivity (Wildman–Crippen MR) is 98.1 cm³/mol. The average Bonchev–Trinajstić information content (AvgIpc) is 3.09. The summed E-state index contributed by atoms with van der Waals surface area (Å²) in [5.41, 5.74) is 1.12. The van der Waals surface area contributed by atoms with Crippen molar-refractivity contribution in [3.8, 4) is 6.07 Å². The minimum absolute atomic E-state index is 0.0985. The van der Waals surface area contributed by atoms with Gasteiger partial charge in [-0.3, -0.25) is 4.79 Å². The van der Waals surface area contributed by atoms with Crippen LogP contribution in [0.15, 0.2) is 40.6 Å². The number of amides is 1. The summed E-state index contributed by atoms with van der Waals surface area (Å²) in [5, 5.41) is 8.83. The maximum absolute atomic E-state index is 12.3. The van der Waals surface area contributed by atoms with E-state index in [-0.39, 0.29) is 23.2 Å². The highest BCUT2D eigenvalue weighted by molar-refractivity contribution is 7.91. The summed E-state index contributed by atoms with van der Waals surface area (Å²) >= 11 is 1.24. The first-order chi connectivity index (χ1) is 11.9. The molecule has 2 rings (SSSR count). The summed E-state index contributed by atoms with van der Waals surface area (Å²) in [4.78, 5) is 14.3. The Hall–Kier alpha value is -2.21. The topological polar surface area (TPSA) is 90.3 Å². The molecule has 0 radical (unpaired) electrons. The van der Waals surface area contributed by atoms with Gasteiger partial charge in [0, 0.05) is 30.6 Å². The van der Waals surface area contributed by atoms with E-state index in [9.17, 15) is 13.2 Å². The lowest BCUT2D eigenvalue weighted by atomic mass is 10.2. The van der Waals surface area contributed by atoms with Gasteiger partial charge in [0.25, 0.3) is 0 Å². The fourth-order valence-electron chi connectivity index (χ4n) is 2.24. The molecule has 2 aromatic rings. The van der Waals surface area contributed by atoms with Crippen LogP contribution in [-0.4, -0.2) is 27.4 Å². The van der Waals surface area contributed by atoms with E-state index < -0.39 is 10.0 Å². The first-order valence-corrected chi connectivity index (χ1v) is 10.0. The van der Waals surface area contributed by atoms with Crippen molar-refractivity contribution < 1.29 is 13.2 Å². The molecule has 0 unspecified atom stereocenters. The summed E-state index contributed by atoms with van der Waals surface area (Å²) in [5.74, 6) is -0.201. The van der Waals surface area contributed by atoms with Gasteiger partial charge in [0.15, 0.2) is 0 Å². The van der Waals surface area contributed by atoms with Crippen molar-refractivity contribution in [2.24, 2.45) is 0 Å². The summed E-state index contributed by atoms with van der Waals surface area (Å²) in [6.07, 6.45) is 0.789. The molecule has 0 atom stereocenters. The number of nitrogens with zero attached hydrogens (tertiary/aromatic N) is 2. The van der Waals surface area contributed by atoms with E-state index in [1.165, 1.54) is 23.2 Å². The zero-order valence-corrected chi connectivity index (χ0v) is 15.7. The van der Waals surface area contributed by atoms with Gasteiger partial charge in [-0.15, -0.1) is 11.3 Å². The number of sulfonamides is 1. The van der Waals surface area contributed by atoms with Crippen molar-refractivity contribution in [1.29, 1.82) is 5.26 Å². The number of carbonyl (C=O) groups is 1. The highest BCUT2D eigenvalue weighted by Crippen LogP contribution is 2.21. The van der Waals surface area contributed by atoms with Crippen molar-refractivity contribution >= 4 is 33.0 Å². The molecular weight excluding hydrogens is 358 g/mol. The molecular formula is C17H19N3O3S2. The highest BCUT2D eigenvalue weighted by atomic mass is 32.2. The quantitative estimate of drug-likeness (QED) is 0.803. The Morgan fingerprint density at radius 3 is 2.44 bits per heavy atom. The minimum Gasteiger partial charge on any atom is -0.311 e. The molecule has 0 bridgehead atoms. The van der Waals surface area contributed by atoms with E-state index in [4.69, 9.17) is 5.26 Å². The molecule has 0 aliphatic heterocycles. The van der Waals surface area contributed by atoms with Gasteiger partial charge in [0.05, 0.1) is 11.6 Å². The Labute approximate surface area is 151 Å². The van der Waals surface area contributed by atoms with E-state index in [0.717, 1.165) is 11.3 Å². The number of aryl methyl sites for hydroxylation is 1. The standard InChI is InChI=1S/C17H19N3O3S2/c1-3-16-8-9-17(24-16)25(22,23)19-10-11-20(13(2)21)15-6-4-14(12-18)5-7-15/h4-9,19H,3,10-11H2,1-2H3. The van der Waals surface area contributed by atoms with Crippen molar-refractivity contribution in [3.05, 3.63) is 46.8 Å². The summed E-state index contributed by atoms with van der Waals surface area (Å²) < 4.78 is 27.4. The zero-order chi connectivity index (χ0) is 18.4. The summed E-state index contributed by atoms with van der Waals surface area (Å²) in [6, 6.07) is 12.0. The monoisotopic (exact) mass is 377 g/mol. The maximum Gasteiger partial charge on any atom is 0.250 e. The van der Waals surface area contributed by atoms with Gasteiger partial charge >= 0.3 is 0 Å². The van der Waals surface area contributed by atoms with Gasteiger partial charge in [0.2, 0.25) is 15.9 Å². The molecule has 6 nitrogen and oxygen atoms in total. The third kappa shape index (κ3) is 4.89. The lowest BCUT2D eigenvalue weighted by Gasteiger charge is -2.21. The van der Waals surface area contributed by atoms with E-state index in [1.54, 1.807) is 36.4 Å². The normalized spacial score (nSPS) is 11.1. The van der Waals surface area contributed by atoms with Crippen LogP contribution in [0.1, 0.15) is 24.3 Å². The zero-order valence-electron chi connectivity index (χ0n) is 14.0. The van der Waals surface area contributed by atoms with Crippen LogP contribution in [0, 0.1) is 11.3 Å². The predicted octanol–water partition coefficient (Wildman–Crippen LogP) is 2.51. The molecule has 0 aliphatic rings. The Morgan fingerprint density at radius 1 is 1.24 bits per heavy atom. The number of anilines is 1. The first-order valence-electron chi connectivity index (χ1n) is 7.74. The second-order valence-electron chi connectivity index (χ2n) is 5.30. The van der Waals surface area contributed by atoms with Crippen LogP contribution in [-0.2, 0) is 21.2 Å². The molecule has 132 valence electrons. The number of carbonyl (C=O) groups excluding carboxylic acids is 1. The molecule has 1 aromatic carbocycles. The molecule has 0 aliphatic carbocycles. The maximum atomic E-state index is 12.3. The fraction of sp³-hybridized carbons (Fsp3) is 0.294. The van der Waals surface area contributed by atoms with Crippen molar-refractivity contribution in [2.75, 3.05) is 18.0 Å².